The van der Waals surface area contributed by atoms with Gasteiger partial charge in [-0.1, -0.05) is 34.7 Å². The van der Waals surface area contributed by atoms with Crippen molar-refractivity contribution in [2.45, 2.75) is 36.5 Å². The summed E-state index contributed by atoms with van der Waals surface area (Å²) in [7, 11) is -7.13. The molecule has 0 atom stereocenters. The van der Waals surface area contributed by atoms with Gasteiger partial charge in [-0.15, -0.1) is 0 Å². The molecule has 0 saturated heterocycles. The SMILES string of the molecule is CC(C)=C1NC(c2ccccc2O)=CC(=NCCCCNS(=O)(=O)c2ccc(S(=O)(=O)CI)cc2)N1. The number of nitrogens with zero attached hydrogens (tertiary/aromatic N) is 1. The normalized spacial score (nSPS) is 15.2. The molecule has 0 saturated carbocycles. The zero-order chi connectivity index (χ0) is 26.3. The summed E-state index contributed by atoms with van der Waals surface area (Å²) in [4.78, 5) is 4.71. The zero-order valence-corrected chi connectivity index (χ0v) is 23.7. The third kappa shape index (κ3) is 7.31. The number of amidine groups is 1. The van der Waals surface area contributed by atoms with Crippen LogP contribution in [0.4, 0.5) is 0 Å². The summed E-state index contributed by atoms with van der Waals surface area (Å²) in [6.45, 7) is 4.63. The molecule has 3 rings (SSSR count). The van der Waals surface area contributed by atoms with Gasteiger partial charge in [-0.3, -0.25) is 4.99 Å². The number of sulfone groups is 1. The molecule has 2 aromatic rings. The molecule has 9 nitrogen and oxygen atoms in total. The van der Waals surface area contributed by atoms with Gasteiger partial charge < -0.3 is 15.7 Å². The van der Waals surface area contributed by atoms with Crippen LogP contribution in [0.3, 0.4) is 0 Å². The molecule has 36 heavy (non-hydrogen) atoms. The molecule has 0 unspecified atom stereocenters. The van der Waals surface area contributed by atoms with Crippen LogP contribution in [0.25, 0.3) is 5.70 Å². The minimum Gasteiger partial charge on any atom is -0.507 e. The average Bonchev–Trinajstić information content (AvgIpc) is 2.86. The van der Waals surface area contributed by atoms with Gasteiger partial charge in [0, 0.05) is 24.7 Å². The Bertz CT molecular complexity index is 1400. The number of benzene rings is 2. The highest BCUT2D eigenvalue weighted by Gasteiger charge is 2.18. The van der Waals surface area contributed by atoms with Crippen LogP contribution in [0.5, 0.6) is 5.75 Å². The summed E-state index contributed by atoms with van der Waals surface area (Å²) in [5.41, 5.74) is 2.42. The first-order valence-electron chi connectivity index (χ1n) is 11.2. The molecule has 0 fully saturated rings. The lowest BCUT2D eigenvalue weighted by molar-refractivity contribution is 0.473. The predicted molar refractivity (Wildman–Crippen MR) is 150 cm³/mol. The number of unbranched alkanes of at least 4 members (excludes halogenated alkanes) is 1. The predicted octanol–water partition coefficient (Wildman–Crippen LogP) is 3.50. The van der Waals surface area contributed by atoms with Gasteiger partial charge >= 0.3 is 0 Å². The maximum atomic E-state index is 12.5. The van der Waals surface area contributed by atoms with Crippen LogP contribution >= 0.6 is 22.6 Å². The van der Waals surface area contributed by atoms with E-state index in [1.165, 1.54) is 24.3 Å². The Morgan fingerprint density at radius 1 is 0.972 bits per heavy atom. The largest absolute Gasteiger partial charge is 0.507 e. The molecule has 0 aliphatic carbocycles. The molecule has 1 aliphatic heterocycles. The first-order chi connectivity index (χ1) is 17.0. The van der Waals surface area contributed by atoms with Crippen LogP contribution in [-0.2, 0) is 19.9 Å². The van der Waals surface area contributed by atoms with E-state index in [4.69, 9.17) is 0 Å². The fourth-order valence-electron chi connectivity index (χ4n) is 3.30. The molecule has 0 spiro atoms. The smallest absolute Gasteiger partial charge is 0.240 e. The summed E-state index contributed by atoms with van der Waals surface area (Å²) in [6, 6.07) is 12.3. The molecule has 4 N–H and O–H groups in total. The minimum atomic E-state index is -3.74. The van der Waals surface area contributed by atoms with Crippen molar-refractivity contribution in [1.29, 1.82) is 0 Å². The van der Waals surface area contributed by atoms with Gasteiger partial charge in [0.2, 0.25) is 10.0 Å². The van der Waals surface area contributed by atoms with Crippen LogP contribution in [0.15, 0.2) is 80.8 Å². The number of nitrogens with one attached hydrogen (secondary N) is 3. The molecule has 0 bridgehead atoms. The molecular weight excluding hydrogens is 615 g/mol. The number of alkyl halides is 1. The monoisotopic (exact) mass is 644 g/mol. The molecular formula is C24H29IN4O5S2. The Morgan fingerprint density at radius 2 is 1.64 bits per heavy atom. The Morgan fingerprint density at radius 3 is 2.28 bits per heavy atom. The van der Waals surface area contributed by atoms with Crippen LogP contribution < -0.4 is 15.4 Å². The van der Waals surface area contributed by atoms with Crippen molar-refractivity contribution < 1.29 is 21.9 Å². The van der Waals surface area contributed by atoms with E-state index in [0.717, 1.165) is 17.1 Å². The van der Waals surface area contributed by atoms with Crippen LogP contribution in [0.1, 0.15) is 32.3 Å². The molecule has 0 aromatic heterocycles. The summed E-state index contributed by atoms with van der Waals surface area (Å²) >= 11 is 1.76. The highest BCUT2D eigenvalue weighted by atomic mass is 127. The van der Waals surface area contributed by atoms with E-state index >= 15 is 0 Å². The van der Waals surface area contributed by atoms with Crippen molar-refractivity contribution in [3.63, 3.8) is 0 Å². The summed E-state index contributed by atoms with van der Waals surface area (Å²) in [6.07, 6.45) is 3.05. The Hall–Kier alpha value is -2.42. The highest BCUT2D eigenvalue weighted by molar-refractivity contribution is 14.1. The van der Waals surface area contributed by atoms with Crippen molar-refractivity contribution in [2.75, 3.05) is 16.8 Å². The number of aromatic hydroxyl groups is 1. The van der Waals surface area contributed by atoms with E-state index in [-0.39, 0.29) is 25.8 Å². The second-order valence-corrected chi connectivity index (χ2v) is 13.8. The lowest BCUT2D eigenvalue weighted by Gasteiger charge is -2.24. The number of hydrogen-bond acceptors (Lipinski definition) is 7. The first-order valence-corrected chi connectivity index (χ1v) is 15.8. The number of sulfonamides is 1. The summed E-state index contributed by atoms with van der Waals surface area (Å²) < 4.78 is 51.3. The number of aliphatic imine (C=N–C) groups is 1. The van der Waals surface area contributed by atoms with E-state index in [1.54, 1.807) is 34.7 Å². The average molecular weight is 645 g/mol. The van der Waals surface area contributed by atoms with E-state index < -0.39 is 19.9 Å². The molecule has 1 aliphatic rings. The third-order valence-electron chi connectivity index (χ3n) is 5.28. The van der Waals surface area contributed by atoms with Crippen molar-refractivity contribution in [1.82, 2.24) is 15.4 Å². The van der Waals surface area contributed by atoms with Gasteiger partial charge in [0.05, 0.1) is 15.5 Å². The molecule has 194 valence electrons. The molecule has 0 amide bonds. The number of rotatable bonds is 10. The van der Waals surface area contributed by atoms with Crippen LogP contribution in [0, 0.1) is 0 Å². The van der Waals surface area contributed by atoms with Crippen molar-refractivity contribution in [3.8, 4) is 5.75 Å². The first kappa shape index (κ1) is 28.2. The van der Waals surface area contributed by atoms with Gasteiger partial charge in [-0.25, -0.2) is 21.6 Å². The fraction of sp³-hybridized carbons (Fsp3) is 0.292. The lowest BCUT2D eigenvalue weighted by Crippen LogP contribution is -2.36. The second-order valence-electron chi connectivity index (χ2n) is 8.27. The molecule has 2 aromatic carbocycles. The fourth-order valence-corrected chi connectivity index (χ4v) is 6.13. The third-order valence-corrected chi connectivity index (χ3v) is 10.5. The molecule has 1 heterocycles. The van der Waals surface area contributed by atoms with Crippen molar-refractivity contribution in [2.24, 2.45) is 4.99 Å². The maximum absolute atomic E-state index is 12.5. The Balaban J connectivity index is 1.57. The number of halogens is 1. The van der Waals surface area contributed by atoms with E-state index in [1.807, 2.05) is 32.1 Å². The summed E-state index contributed by atoms with van der Waals surface area (Å²) in [5, 5.41) is 16.7. The molecule has 12 heteroatoms. The van der Waals surface area contributed by atoms with Gasteiger partial charge in [0.1, 0.15) is 21.2 Å². The van der Waals surface area contributed by atoms with Gasteiger partial charge in [-0.05, 0) is 68.7 Å². The summed E-state index contributed by atoms with van der Waals surface area (Å²) in [5.74, 6) is 1.60. The Labute approximate surface area is 225 Å². The van der Waals surface area contributed by atoms with Gasteiger partial charge in [0.15, 0.2) is 9.84 Å². The maximum Gasteiger partial charge on any atom is 0.240 e. The van der Waals surface area contributed by atoms with E-state index in [0.29, 0.717) is 30.8 Å². The molecule has 0 radical (unpaired) electrons. The minimum absolute atomic E-state index is 0.0186. The quantitative estimate of drug-likeness (QED) is 0.177. The van der Waals surface area contributed by atoms with Crippen molar-refractivity contribution >= 4 is 54.0 Å². The lowest BCUT2D eigenvalue weighted by atomic mass is 10.1. The van der Waals surface area contributed by atoms with Crippen molar-refractivity contribution in [3.05, 3.63) is 71.6 Å². The van der Waals surface area contributed by atoms with Crippen LogP contribution in [0.2, 0.25) is 0 Å². The van der Waals surface area contributed by atoms with Gasteiger partial charge in [-0.2, -0.15) is 0 Å². The highest BCUT2D eigenvalue weighted by Crippen LogP contribution is 2.25. The van der Waals surface area contributed by atoms with Gasteiger partial charge in [0.25, 0.3) is 0 Å². The second kappa shape index (κ2) is 12.2. The number of allylic oxidation sites excluding steroid dienone is 1. The number of phenols is 1. The topological polar surface area (TPSA) is 137 Å². The zero-order valence-electron chi connectivity index (χ0n) is 20.0. The number of hydrogen-bond donors (Lipinski definition) is 4. The standard InChI is InChI=1S/C24H29IN4O5S2/c1-17(2)24-28-21(20-7-3-4-8-22(20)30)15-23(29-24)26-13-5-6-14-27-36(33,34)19-11-9-18(10-12-19)35(31,32)16-25/h3-4,7-12,15,27-28,30H,5-6,13-14,16H2,1-2H3,(H,26,29). The Kier molecular flexibility index (Phi) is 9.55. The van der Waals surface area contributed by atoms with E-state index in [9.17, 15) is 21.9 Å². The van der Waals surface area contributed by atoms with Crippen LogP contribution in [-0.4, -0.2) is 44.6 Å². The number of phenolic OH excluding ortho intramolecular Hbond substituents is 1. The van der Waals surface area contributed by atoms with E-state index in [2.05, 4.69) is 20.3 Å². The number of para-hydroxylation sites is 1.